The van der Waals surface area contributed by atoms with Gasteiger partial charge in [-0.25, -0.2) is 24.0 Å². The van der Waals surface area contributed by atoms with Crippen LogP contribution in [0.5, 0.6) is 0 Å². The van der Waals surface area contributed by atoms with Gasteiger partial charge in [0, 0.05) is 27.9 Å². The molecule has 0 aromatic rings. The first-order valence-corrected chi connectivity index (χ1v) is 10.8. The van der Waals surface area contributed by atoms with Gasteiger partial charge >= 0.3 is 29.8 Å². The van der Waals surface area contributed by atoms with Crippen LogP contribution in [-0.4, -0.2) is 67.2 Å². The number of aldehydes is 1. The molecule has 0 aromatic heterocycles. The number of hydrogen-bond donors (Lipinski definition) is 0. The van der Waals surface area contributed by atoms with Crippen LogP contribution in [0.4, 0.5) is 0 Å². The molecule has 0 amide bonds. The summed E-state index contributed by atoms with van der Waals surface area (Å²) in [5, 5.41) is 0. The third-order valence-electron chi connectivity index (χ3n) is 4.26. The van der Waals surface area contributed by atoms with E-state index in [9.17, 15) is 28.8 Å². The quantitative estimate of drug-likeness (QED) is 0.135. The van der Waals surface area contributed by atoms with E-state index in [2.05, 4.69) is 32.9 Å². The summed E-state index contributed by atoms with van der Waals surface area (Å²) in [6.45, 7) is 23.0. The summed E-state index contributed by atoms with van der Waals surface area (Å²) in [5.74, 6) is -5.05. The Morgan fingerprint density at radius 1 is 0.568 bits per heavy atom. The highest BCUT2D eigenvalue weighted by Crippen LogP contribution is 2.22. The molecule has 0 saturated heterocycles. The highest BCUT2D eigenvalue weighted by molar-refractivity contribution is 5.90. The van der Waals surface area contributed by atoms with Crippen molar-refractivity contribution >= 4 is 36.1 Å². The number of esters is 5. The minimum Gasteiger partial charge on any atom is -0.458 e. The van der Waals surface area contributed by atoms with Gasteiger partial charge in [0.1, 0.15) is 6.61 Å². The summed E-state index contributed by atoms with van der Waals surface area (Å²) in [6.07, 6.45) is -7.24. The van der Waals surface area contributed by atoms with Crippen molar-refractivity contribution in [3.05, 3.63) is 60.8 Å². The molecule has 0 aliphatic carbocycles. The summed E-state index contributed by atoms with van der Waals surface area (Å²) < 4.78 is 26.2. The van der Waals surface area contributed by atoms with E-state index >= 15 is 0 Å². The average molecular weight is 521 g/mol. The maximum atomic E-state index is 12.5. The zero-order valence-electron chi connectivity index (χ0n) is 21.6. The van der Waals surface area contributed by atoms with Crippen molar-refractivity contribution in [2.24, 2.45) is 0 Å². The molecule has 0 radical (unpaired) electrons. The molecule has 0 aromatic carbocycles. The van der Waals surface area contributed by atoms with Gasteiger partial charge in [-0.05, 0) is 34.6 Å². The van der Waals surface area contributed by atoms with E-state index in [0.717, 1.165) is 0 Å². The van der Waals surface area contributed by atoms with Crippen LogP contribution in [0.2, 0.25) is 0 Å². The van der Waals surface area contributed by atoms with Crippen molar-refractivity contribution in [3.63, 3.8) is 0 Å². The van der Waals surface area contributed by atoms with E-state index in [0.29, 0.717) is 0 Å². The molecule has 202 valence electrons. The largest absolute Gasteiger partial charge is 0.458 e. The number of ether oxygens (including phenoxy) is 5. The lowest BCUT2D eigenvalue weighted by molar-refractivity contribution is -0.198. The van der Waals surface area contributed by atoms with E-state index in [-0.39, 0.29) is 34.2 Å². The molecular weight excluding hydrogens is 488 g/mol. The van der Waals surface area contributed by atoms with Crippen LogP contribution in [-0.2, 0) is 52.5 Å². The van der Waals surface area contributed by atoms with Crippen molar-refractivity contribution < 1.29 is 52.5 Å². The molecule has 0 aliphatic rings. The third kappa shape index (κ3) is 10.9. The SMILES string of the molecule is C=C(C)C(=O)OC[C@@H](OC(=O)C(=C)C)[C@@H](OC(=O)C(=C)C)[C@H](OC(=O)C(=C)C)[C@H](C=O)OC(=O)C(=C)C. The second-order valence-electron chi connectivity index (χ2n) is 8.19. The van der Waals surface area contributed by atoms with Gasteiger partial charge in [0.15, 0.2) is 30.7 Å². The van der Waals surface area contributed by atoms with Gasteiger partial charge in [0.25, 0.3) is 0 Å². The molecular formula is C26H32O11. The van der Waals surface area contributed by atoms with Crippen LogP contribution in [0, 0.1) is 0 Å². The molecule has 0 aliphatic heterocycles. The molecule has 4 atom stereocenters. The van der Waals surface area contributed by atoms with E-state index in [1.165, 1.54) is 34.6 Å². The van der Waals surface area contributed by atoms with Gasteiger partial charge in [0.2, 0.25) is 0 Å². The van der Waals surface area contributed by atoms with E-state index in [1.807, 2.05) is 0 Å². The third-order valence-corrected chi connectivity index (χ3v) is 4.26. The topological polar surface area (TPSA) is 149 Å². The lowest BCUT2D eigenvalue weighted by Gasteiger charge is -2.34. The number of carbonyl (C=O) groups is 6. The first-order valence-electron chi connectivity index (χ1n) is 10.8. The van der Waals surface area contributed by atoms with Crippen molar-refractivity contribution in [2.45, 2.75) is 59.0 Å². The zero-order chi connectivity index (χ0) is 29.0. The molecule has 11 heteroatoms. The first kappa shape index (κ1) is 32.7. The maximum absolute atomic E-state index is 12.5. The van der Waals surface area contributed by atoms with Crippen molar-refractivity contribution in [2.75, 3.05) is 6.61 Å². The summed E-state index contributed by atoms with van der Waals surface area (Å²) in [5.41, 5.74) is -0.451. The molecule has 37 heavy (non-hydrogen) atoms. The minimum atomic E-state index is -1.90. The molecule has 0 spiro atoms. The number of hydrogen-bond acceptors (Lipinski definition) is 11. The Morgan fingerprint density at radius 3 is 1.30 bits per heavy atom. The van der Waals surface area contributed by atoms with E-state index in [1.54, 1.807) is 0 Å². The van der Waals surface area contributed by atoms with Gasteiger partial charge in [-0.15, -0.1) is 0 Å². The van der Waals surface area contributed by atoms with Crippen molar-refractivity contribution in [3.8, 4) is 0 Å². The molecule has 0 heterocycles. The smallest absolute Gasteiger partial charge is 0.333 e. The molecule has 0 unspecified atom stereocenters. The minimum absolute atomic E-state index is 0.00752. The summed E-state index contributed by atoms with van der Waals surface area (Å²) in [6, 6.07) is 0. The molecule has 0 fully saturated rings. The molecule has 0 bridgehead atoms. The monoisotopic (exact) mass is 520 g/mol. The van der Waals surface area contributed by atoms with Gasteiger partial charge in [-0.2, -0.15) is 0 Å². The van der Waals surface area contributed by atoms with Crippen LogP contribution >= 0.6 is 0 Å². The van der Waals surface area contributed by atoms with Crippen LogP contribution in [0.3, 0.4) is 0 Å². The second kappa shape index (κ2) is 15.0. The Balaban J connectivity index is 6.88. The van der Waals surface area contributed by atoms with E-state index < -0.39 is 60.9 Å². The molecule has 0 N–H and O–H groups in total. The second-order valence-corrected chi connectivity index (χ2v) is 8.19. The molecule has 0 rings (SSSR count). The number of rotatable bonds is 15. The number of carbonyl (C=O) groups excluding carboxylic acids is 6. The fraction of sp³-hybridized carbons (Fsp3) is 0.385. The van der Waals surface area contributed by atoms with Gasteiger partial charge in [-0.1, -0.05) is 32.9 Å². The van der Waals surface area contributed by atoms with Gasteiger partial charge in [0.05, 0.1) is 0 Å². The van der Waals surface area contributed by atoms with Crippen molar-refractivity contribution in [1.29, 1.82) is 0 Å². The predicted octanol–water partition coefficient (Wildman–Crippen LogP) is 2.26. The normalized spacial score (nSPS) is 13.3. The van der Waals surface area contributed by atoms with Crippen LogP contribution < -0.4 is 0 Å². The Morgan fingerprint density at radius 2 is 0.919 bits per heavy atom. The molecule has 0 saturated carbocycles. The van der Waals surface area contributed by atoms with Gasteiger partial charge < -0.3 is 23.7 Å². The summed E-state index contributed by atoms with van der Waals surface area (Å²) in [7, 11) is 0. The van der Waals surface area contributed by atoms with Crippen LogP contribution in [0.15, 0.2) is 60.8 Å². The Labute approximate surface area is 215 Å². The Hall–Kier alpha value is -4.28. The Kier molecular flexibility index (Phi) is 13.2. The predicted molar refractivity (Wildman–Crippen MR) is 131 cm³/mol. The fourth-order valence-corrected chi connectivity index (χ4v) is 2.24. The fourth-order valence-electron chi connectivity index (χ4n) is 2.24. The molecule has 11 nitrogen and oxygen atoms in total. The average Bonchev–Trinajstić information content (AvgIpc) is 2.81. The standard InChI is InChI=1S/C26H32O11/c1-13(2)22(28)33-12-19(35-24(30)15(5)6)21(37-26(32)17(9)10)20(36-25(31)16(7)8)18(11-27)34-23(29)14(3)4/h11,18-21H,1,3,5,7,9,12H2,2,4,6,8,10H3/t18-,19+,20+,21+/m0/s1. The first-order chi connectivity index (χ1) is 17.0. The highest BCUT2D eigenvalue weighted by atomic mass is 16.6. The lowest BCUT2D eigenvalue weighted by Crippen LogP contribution is -2.54. The van der Waals surface area contributed by atoms with Crippen LogP contribution in [0.1, 0.15) is 34.6 Å². The summed E-state index contributed by atoms with van der Waals surface area (Å²) in [4.78, 5) is 73.6. The Bertz CT molecular complexity index is 1020. The lowest BCUT2D eigenvalue weighted by atomic mass is 10.0. The van der Waals surface area contributed by atoms with Crippen LogP contribution in [0.25, 0.3) is 0 Å². The summed E-state index contributed by atoms with van der Waals surface area (Å²) >= 11 is 0. The van der Waals surface area contributed by atoms with E-state index in [4.69, 9.17) is 23.7 Å². The van der Waals surface area contributed by atoms with Crippen molar-refractivity contribution in [1.82, 2.24) is 0 Å². The highest BCUT2D eigenvalue weighted by Gasteiger charge is 2.45. The zero-order valence-corrected chi connectivity index (χ0v) is 21.6. The maximum Gasteiger partial charge on any atom is 0.333 e. The van der Waals surface area contributed by atoms with Gasteiger partial charge in [-0.3, -0.25) is 4.79 Å².